The first-order chi connectivity index (χ1) is 4.97. The Hall–Kier alpha value is -1.22. The molecule has 0 aromatic heterocycles. The van der Waals surface area contributed by atoms with Crippen LogP contribution in [0.2, 0.25) is 0 Å². The van der Waals surface area contributed by atoms with Crippen LogP contribution in [-0.4, -0.2) is 6.79 Å². The molecule has 0 bridgehead atoms. The molecule has 0 unspecified atom stereocenters. The Labute approximate surface area is 58.5 Å². The maximum atomic E-state index is 5.14. The van der Waals surface area contributed by atoms with Crippen molar-refractivity contribution in [3.05, 3.63) is 24.3 Å². The molecule has 1 aromatic carbocycles. The number of anilines is 1. The van der Waals surface area contributed by atoms with E-state index >= 15 is 0 Å². The minimum absolute atomic E-state index is 0.275. The summed E-state index contributed by atoms with van der Waals surface area (Å²) >= 11 is 0. The summed E-state index contributed by atoms with van der Waals surface area (Å²) in [6.07, 6.45) is 0. The molecule has 0 radical (unpaired) electrons. The molecule has 52 valence electrons. The summed E-state index contributed by atoms with van der Waals surface area (Å²) in [6.45, 7) is 0.275. The number of nitrogens with one attached hydrogen (secondary N) is 1. The molecule has 1 heterocycles. The fourth-order valence-corrected chi connectivity index (χ4v) is 0.877. The smallest absolute Gasteiger partial charge is 0.213 e. The highest BCUT2D eigenvalue weighted by atomic mass is 16.8. The molecule has 0 spiro atoms. The second-order valence-corrected chi connectivity index (χ2v) is 2.00. The van der Waals surface area contributed by atoms with E-state index in [0.717, 1.165) is 11.4 Å². The lowest BCUT2D eigenvalue weighted by Crippen LogP contribution is -2.14. The first-order valence-electron chi connectivity index (χ1n) is 3.06. The molecule has 0 fully saturated rings. The highest BCUT2D eigenvalue weighted by Gasteiger charge is 2.06. The third kappa shape index (κ3) is 0.804. The van der Waals surface area contributed by atoms with Gasteiger partial charge in [0.05, 0.1) is 0 Å². The number of benzene rings is 1. The van der Waals surface area contributed by atoms with E-state index in [1.165, 1.54) is 0 Å². The largest absolute Gasteiger partial charge is 0.463 e. The van der Waals surface area contributed by atoms with Crippen LogP contribution in [0.3, 0.4) is 0 Å². The first-order valence-corrected chi connectivity index (χ1v) is 3.06. The van der Waals surface area contributed by atoms with Crippen molar-refractivity contribution in [1.29, 1.82) is 0 Å². The highest BCUT2D eigenvalue weighted by Crippen LogP contribution is 2.25. The van der Waals surface area contributed by atoms with E-state index in [2.05, 4.69) is 5.48 Å². The maximum Gasteiger partial charge on any atom is 0.213 e. The summed E-state index contributed by atoms with van der Waals surface area (Å²) in [4.78, 5) is 4.82. The number of fused-ring (bicyclic) bond motifs is 1. The Balaban J connectivity index is 2.41. The Bertz CT molecular complexity index is 212. The predicted molar refractivity (Wildman–Crippen MR) is 36.6 cm³/mol. The van der Waals surface area contributed by atoms with E-state index in [9.17, 15) is 0 Å². The van der Waals surface area contributed by atoms with Crippen LogP contribution in [0, 0.1) is 0 Å². The van der Waals surface area contributed by atoms with Crippen molar-refractivity contribution >= 4 is 5.69 Å². The van der Waals surface area contributed by atoms with Crippen LogP contribution in [0.5, 0.6) is 5.75 Å². The van der Waals surface area contributed by atoms with Gasteiger partial charge in [-0.15, -0.1) is 0 Å². The molecule has 0 saturated carbocycles. The van der Waals surface area contributed by atoms with Gasteiger partial charge in [-0.3, -0.25) is 5.48 Å². The molecule has 0 atom stereocenters. The van der Waals surface area contributed by atoms with E-state index < -0.39 is 0 Å². The molecule has 3 heteroatoms. The zero-order valence-electron chi connectivity index (χ0n) is 5.33. The third-order valence-electron chi connectivity index (χ3n) is 1.34. The van der Waals surface area contributed by atoms with Crippen LogP contribution < -0.4 is 10.2 Å². The van der Waals surface area contributed by atoms with Crippen molar-refractivity contribution in [3.8, 4) is 5.75 Å². The maximum absolute atomic E-state index is 5.14. The Morgan fingerprint density at radius 1 is 1.30 bits per heavy atom. The monoisotopic (exact) mass is 137 g/mol. The lowest BCUT2D eigenvalue weighted by Gasteiger charge is -2.17. The van der Waals surface area contributed by atoms with E-state index in [-0.39, 0.29) is 6.79 Å². The van der Waals surface area contributed by atoms with Crippen molar-refractivity contribution in [3.63, 3.8) is 0 Å². The van der Waals surface area contributed by atoms with Crippen molar-refractivity contribution in [2.75, 3.05) is 12.3 Å². The molecule has 0 aliphatic carbocycles. The van der Waals surface area contributed by atoms with Crippen molar-refractivity contribution in [1.82, 2.24) is 0 Å². The molecule has 1 aromatic rings. The second kappa shape index (κ2) is 2.19. The van der Waals surface area contributed by atoms with E-state index in [1.54, 1.807) is 0 Å². The molecule has 3 nitrogen and oxygen atoms in total. The van der Waals surface area contributed by atoms with Crippen molar-refractivity contribution < 1.29 is 9.57 Å². The van der Waals surface area contributed by atoms with Gasteiger partial charge >= 0.3 is 0 Å². The standard InChI is InChI=1S/C7H7NO2/c1-2-4-7-6(3-1)8-10-5-9-7/h1-4,8H,5H2. The van der Waals surface area contributed by atoms with Gasteiger partial charge < -0.3 is 4.74 Å². The summed E-state index contributed by atoms with van der Waals surface area (Å²) < 4.78 is 5.14. The molecule has 10 heavy (non-hydrogen) atoms. The third-order valence-corrected chi connectivity index (χ3v) is 1.34. The quantitative estimate of drug-likeness (QED) is 0.586. The van der Waals surface area contributed by atoms with Crippen LogP contribution >= 0.6 is 0 Å². The van der Waals surface area contributed by atoms with Gasteiger partial charge in [0, 0.05) is 0 Å². The topological polar surface area (TPSA) is 30.5 Å². The number of ether oxygens (including phenoxy) is 1. The average molecular weight is 137 g/mol. The van der Waals surface area contributed by atoms with E-state index in [0.29, 0.717) is 0 Å². The summed E-state index contributed by atoms with van der Waals surface area (Å²) in [5.74, 6) is 0.841. The van der Waals surface area contributed by atoms with Crippen molar-refractivity contribution in [2.45, 2.75) is 0 Å². The fourth-order valence-electron chi connectivity index (χ4n) is 0.877. The fraction of sp³-hybridized carbons (Fsp3) is 0.143. The zero-order chi connectivity index (χ0) is 6.81. The van der Waals surface area contributed by atoms with Gasteiger partial charge in [0.15, 0.2) is 0 Å². The van der Waals surface area contributed by atoms with Gasteiger partial charge in [-0.2, -0.15) is 0 Å². The average Bonchev–Trinajstić information content (AvgIpc) is 2.05. The summed E-state index contributed by atoms with van der Waals surface area (Å²) in [5.41, 5.74) is 3.62. The lowest BCUT2D eigenvalue weighted by molar-refractivity contribution is 0.0338. The lowest BCUT2D eigenvalue weighted by atomic mass is 10.3. The van der Waals surface area contributed by atoms with Crippen LogP contribution in [0.25, 0.3) is 0 Å². The van der Waals surface area contributed by atoms with Gasteiger partial charge in [-0.05, 0) is 12.1 Å². The second-order valence-electron chi connectivity index (χ2n) is 2.00. The van der Waals surface area contributed by atoms with Gasteiger partial charge in [0.2, 0.25) is 6.79 Å². The van der Waals surface area contributed by atoms with Crippen LogP contribution in [0.4, 0.5) is 5.69 Å². The van der Waals surface area contributed by atoms with Crippen molar-refractivity contribution in [2.24, 2.45) is 0 Å². The Morgan fingerprint density at radius 3 is 3.10 bits per heavy atom. The zero-order valence-corrected chi connectivity index (χ0v) is 5.33. The van der Waals surface area contributed by atoms with E-state index in [1.807, 2.05) is 24.3 Å². The molecule has 2 rings (SSSR count). The molecule has 1 N–H and O–H groups in total. The minimum atomic E-state index is 0.275. The molecule has 1 aliphatic rings. The van der Waals surface area contributed by atoms with Gasteiger partial charge in [-0.1, -0.05) is 12.1 Å². The first kappa shape index (κ1) is 5.56. The number of hydrogen-bond acceptors (Lipinski definition) is 3. The summed E-state index contributed by atoms with van der Waals surface area (Å²) in [6, 6.07) is 7.63. The molecule has 0 amide bonds. The van der Waals surface area contributed by atoms with E-state index in [4.69, 9.17) is 9.57 Å². The molecular formula is C7H7NO2. The molecule has 0 saturated heterocycles. The SMILES string of the molecule is c1ccc2c(c1)NOCO2. The normalized spacial score (nSPS) is 14.8. The number of hydrogen-bond donors (Lipinski definition) is 1. The summed E-state index contributed by atoms with van der Waals surface area (Å²) in [5, 5.41) is 0. The molecule has 1 aliphatic heterocycles. The number of rotatable bonds is 0. The minimum Gasteiger partial charge on any atom is -0.463 e. The Kier molecular flexibility index (Phi) is 1.22. The van der Waals surface area contributed by atoms with Crippen LogP contribution in [0.1, 0.15) is 0 Å². The highest BCUT2D eigenvalue weighted by molar-refractivity contribution is 5.55. The number of para-hydroxylation sites is 2. The van der Waals surface area contributed by atoms with Gasteiger partial charge in [0.25, 0.3) is 0 Å². The predicted octanol–water partition coefficient (Wildman–Crippen LogP) is 1.38. The summed E-state index contributed by atoms with van der Waals surface area (Å²) in [7, 11) is 0. The van der Waals surface area contributed by atoms with Gasteiger partial charge in [0.1, 0.15) is 11.4 Å². The van der Waals surface area contributed by atoms with Crippen LogP contribution in [0.15, 0.2) is 24.3 Å². The Morgan fingerprint density at radius 2 is 2.20 bits per heavy atom. The van der Waals surface area contributed by atoms with Gasteiger partial charge in [-0.25, -0.2) is 4.84 Å². The molecular weight excluding hydrogens is 130 g/mol. The van der Waals surface area contributed by atoms with Crippen LogP contribution in [-0.2, 0) is 4.84 Å².